The number of halogens is 1. The predicted octanol–water partition coefficient (Wildman–Crippen LogP) is 11.0. The number of ether oxygens (including phenoxy) is 2. The number of fused-ring (bicyclic) bond motifs is 7. The number of carbonyl (C=O) groups is 5. The molecule has 6 rings (SSSR count). The third-order valence-electron chi connectivity index (χ3n) is 16.2. The number of carboxylic acid groups (broad SMARTS) is 1. The Morgan fingerprint density at radius 1 is 0.969 bits per heavy atom. The summed E-state index contributed by atoms with van der Waals surface area (Å²) in [5, 5.41) is 9.14. The van der Waals surface area contributed by atoms with E-state index in [1.165, 1.54) is 45.1 Å². The lowest BCUT2D eigenvalue weighted by atomic mass is 9.38. The highest BCUT2D eigenvalue weighted by atomic mass is 35.5. The number of carboxylic acids is 1. The number of esters is 1. The SMILES string of the molecule is C=O.CC(C)(CC=O)C(=O)O.CC(C)C.COC1CCC2(C)C(CCC3(C)C4CCC5([C@H](CN(CCN(C)C)Cc6cccc(Cl)c6)OC(C)=O)CC(=O)C(C(C)C)=C5C4CCC32)C1C. The average molecular weight is 928 g/mol. The number of methoxy groups -OCH3 is 1. The number of aliphatic carboxylic acids is 1. The summed E-state index contributed by atoms with van der Waals surface area (Å²) >= 11 is 6.43. The number of hydrogen-bond acceptors (Lipinski definition) is 9. The van der Waals surface area contributed by atoms with Gasteiger partial charge in [0, 0.05) is 63.5 Å². The minimum Gasteiger partial charge on any atom is -0.481 e. The van der Waals surface area contributed by atoms with Crippen LogP contribution in [0, 0.1) is 63.1 Å². The summed E-state index contributed by atoms with van der Waals surface area (Å²) in [5.41, 5.74) is 2.80. The smallest absolute Gasteiger partial charge is 0.309 e. The van der Waals surface area contributed by atoms with Gasteiger partial charge in [-0.3, -0.25) is 19.3 Å². The number of aldehydes is 1. The van der Waals surface area contributed by atoms with E-state index < -0.39 is 16.8 Å². The molecule has 0 spiro atoms. The number of carbonyl (C=O) groups excluding carboxylic acids is 4. The molecule has 10 atom stereocenters. The molecule has 5 aliphatic carbocycles. The highest BCUT2D eigenvalue weighted by molar-refractivity contribution is 6.30. The van der Waals surface area contributed by atoms with E-state index in [1.54, 1.807) is 6.92 Å². The molecule has 0 aromatic heterocycles. The number of benzene rings is 1. The standard InChI is InChI=1S/C43H65ClN2O4.C6H10O3.C4H10.CH2O/c1-27(2)39-35(48)24-43(38(50-29(4)47)26-46(22-21-45(7)8)25-30-11-10-12-31(44)23-30)20-16-34-32(40(39)43)13-14-37-41(5)19-17-36(49-9)28(3)33(41)15-18-42(34,37)6;1-6(2,3-4-7)5(8)9;1-4(2)3;1-2/h10-12,23,27-28,32-34,36-38H,13-22,24-26H2,1-9H3;4H,3H2,1-2H3,(H,8,9);4H,1-3H3;1H2/t28?,32?,33?,34?,36?,37?,38-,41?,42?,43?;;;/m0.../s1. The van der Waals surface area contributed by atoms with Gasteiger partial charge in [0.2, 0.25) is 0 Å². The molecule has 0 bridgehead atoms. The fourth-order valence-corrected chi connectivity index (χ4v) is 13.4. The van der Waals surface area contributed by atoms with Crippen LogP contribution in [-0.2, 0) is 40.0 Å². The van der Waals surface area contributed by atoms with E-state index in [0.717, 1.165) is 60.8 Å². The van der Waals surface area contributed by atoms with E-state index in [0.29, 0.717) is 66.9 Å². The summed E-state index contributed by atoms with van der Waals surface area (Å²) in [5.74, 6) is 2.98. The first-order chi connectivity index (χ1) is 30.4. The summed E-state index contributed by atoms with van der Waals surface area (Å²) in [7, 11) is 6.10. The Morgan fingerprint density at radius 2 is 1.57 bits per heavy atom. The van der Waals surface area contributed by atoms with Gasteiger partial charge < -0.3 is 29.1 Å². The lowest BCUT2D eigenvalue weighted by molar-refractivity contribution is -0.186. The van der Waals surface area contributed by atoms with Gasteiger partial charge in [0.25, 0.3) is 0 Å². The monoisotopic (exact) mass is 927 g/mol. The molecule has 10 nitrogen and oxygen atoms in total. The number of ketones is 1. The molecule has 0 aliphatic heterocycles. The highest BCUT2D eigenvalue weighted by Crippen LogP contribution is 2.72. The molecule has 0 saturated heterocycles. The van der Waals surface area contributed by atoms with E-state index in [9.17, 15) is 19.2 Å². The van der Waals surface area contributed by atoms with Gasteiger partial charge in [-0.05, 0) is 160 Å². The van der Waals surface area contributed by atoms with Gasteiger partial charge in [0.15, 0.2) is 5.78 Å². The molecule has 11 heteroatoms. The molecule has 368 valence electrons. The van der Waals surface area contributed by atoms with Gasteiger partial charge >= 0.3 is 11.9 Å². The van der Waals surface area contributed by atoms with Crippen LogP contribution in [0.5, 0.6) is 0 Å². The summed E-state index contributed by atoms with van der Waals surface area (Å²) < 4.78 is 12.5. The van der Waals surface area contributed by atoms with E-state index in [-0.39, 0.29) is 35.6 Å². The molecule has 4 fully saturated rings. The second-order valence-corrected chi connectivity index (χ2v) is 22.9. The molecule has 1 aromatic carbocycles. The molecule has 65 heavy (non-hydrogen) atoms. The highest BCUT2D eigenvalue weighted by Gasteiger charge is 2.66. The van der Waals surface area contributed by atoms with E-state index in [4.69, 9.17) is 31.0 Å². The molecule has 0 amide bonds. The van der Waals surface area contributed by atoms with Gasteiger partial charge in [0.1, 0.15) is 19.2 Å². The van der Waals surface area contributed by atoms with Crippen LogP contribution in [0.25, 0.3) is 0 Å². The second-order valence-electron chi connectivity index (χ2n) is 22.5. The van der Waals surface area contributed by atoms with Crippen LogP contribution in [-0.4, -0.2) is 98.8 Å². The molecular formula is C54H87ClN2O8. The molecule has 0 heterocycles. The quantitative estimate of drug-likeness (QED) is 0.142. The van der Waals surface area contributed by atoms with Crippen molar-refractivity contribution in [2.75, 3.05) is 40.8 Å². The lowest BCUT2D eigenvalue weighted by Gasteiger charge is -2.67. The first-order valence-corrected chi connectivity index (χ1v) is 24.8. The summed E-state index contributed by atoms with van der Waals surface area (Å²) in [4.78, 5) is 60.1. The van der Waals surface area contributed by atoms with Crippen molar-refractivity contribution >= 4 is 42.4 Å². The van der Waals surface area contributed by atoms with Gasteiger partial charge in [-0.25, -0.2) is 0 Å². The topological polar surface area (TPSA) is 131 Å². The van der Waals surface area contributed by atoms with Crippen molar-refractivity contribution in [1.82, 2.24) is 9.80 Å². The van der Waals surface area contributed by atoms with Gasteiger partial charge in [0.05, 0.1) is 11.5 Å². The van der Waals surface area contributed by atoms with Crippen LogP contribution in [0.1, 0.15) is 146 Å². The zero-order valence-electron chi connectivity index (χ0n) is 42.8. The molecule has 9 unspecified atom stereocenters. The maximum Gasteiger partial charge on any atom is 0.309 e. The van der Waals surface area contributed by atoms with Crippen molar-refractivity contribution in [2.45, 2.75) is 159 Å². The lowest BCUT2D eigenvalue weighted by Crippen LogP contribution is -2.61. The summed E-state index contributed by atoms with van der Waals surface area (Å²) in [6.07, 6.45) is 10.5. The van der Waals surface area contributed by atoms with E-state index in [2.05, 4.69) is 85.4 Å². The normalized spacial score (nSPS) is 30.9. The zero-order chi connectivity index (χ0) is 49.2. The van der Waals surface area contributed by atoms with Crippen LogP contribution >= 0.6 is 11.6 Å². The Hall–Kier alpha value is -2.92. The van der Waals surface area contributed by atoms with Crippen LogP contribution in [0.15, 0.2) is 35.4 Å². The molecule has 1 aromatic rings. The third kappa shape index (κ3) is 13.0. The molecule has 1 N–H and O–H groups in total. The molecule has 4 saturated carbocycles. The average Bonchev–Trinajstić information content (AvgIpc) is 3.53. The Balaban J connectivity index is 0.000000649. The Kier molecular flexibility index (Phi) is 20.7. The zero-order valence-corrected chi connectivity index (χ0v) is 43.5. The van der Waals surface area contributed by atoms with Crippen LogP contribution in [0.2, 0.25) is 5.02 Å². The second kappa shape index (κ2) is 23.9. The van der Waals surface area contributed by atoms with Crippen molar-refractivity contribution in [3.63, 3.8) is 0 Å². The number of hydrogen-bond donors (Lipinski definition) is 1. The van der Waals surface area contributed by atoms with Crippen LogP contribution in [0.3, 0.4) is 0 Å². The fourth-order valence-electron chi connectivity index (χ4n) is 13.2. The summed E-state index contributed by atoms with van der Waals surface area (Å²) in [6.45, 7) is 28.2. The molecular weight excluding hydrogens is 840 g/mol. The number of Topliss-reactive ketones (excluding diaryl/α,β-unsaturated/α-hetero) is 1. The first kappa shape index (κ1) is 56.4. The van der Waals surface area contributed by atoms with E-state index in [1.807, 2.05) is 32.1 Å². The van der Waals surface area contributed by atoms with Crippen molar-refractivity contribution in [3.8, 4) is 0 Å². The number of rotatable bonds is 14. The minimum absolute atomic E-state index is 0.0718. The van der Waals surface area contributed by atoms with Gasteiger partial charge in [-0.15, -0.1) is 0 Å². The summed E-state index contributed by atoms with van der Waals surface area (Å²) in [6, 6.07) is 8.07. The van der Waals surface area contributed by atoms with Crippen LogP contribution in [0.4, 0.5) is 0 Å². The fraction of sp³-hybridized carbons (Fsp3) is 0.759. The van der Waals surface area contributed by atoms with Crippen molar-refractivity contribution in [3.05, 3.63) is 46.0 Å². The Labute approximate surface area is 398 Å². The Morgan fingerprint density at radius 3 is 2.09 bits per heavy atom. The van der Waals surface area contributed by atoms with Gasteiger partial charge in [-0.2, -0.15) is 0 Å². The largest absolute Gasteiger partial charge is 0.481 e. The van der Waals surface area contributed by atoms with Crippen molar-refractivity contribution in [2.24, 2.45) is 63.1 Å². The van der Waals surface area contributed by atoms with Crippen LogP contribution < -0.4 is 0 Å². The maximum absolute atomic E-state index is 14.3. The number of allylic oxidation sites excluding steroid dienone is 1. The predicted molar refractivity (Wildman–Crippen MR) is 262 cm³/mol. The van der Waals surface area contributed by atoms with Crippen molar-refractivity contribution < 1.29 is 38.6 Å². The number of nitrogens with zero attached hydrogens (tertiary/aromatic N) is 2. The first-order valence-electron chi connectivity index (χ1n) is 24.4. The van der Waals surface area contributed by atoms with Crippen molar-refractivity contribution in [1.29, 1.82) is 0 Å². The van der Waals surface area contributed by atoms with E-state index >= 15 is 0 Å². The molecule has 0 radical (unpaired) electrons. The van der Waals surface area contributed by atoms with Gasteiger partial charge in [-0.1, -0.05) is 79.1 Å². The maximum atomic E-state index is 14.3. The minimum atomic E-state index is -0.936. The third-order valence-corrected chi connectivity index (χ3v) is 16.4. The number of likely N-dealkylation sites (N-methyl/N-ethyl adjacent to an activating group) is 1. The molecule has 5 aliphatic rings. The Bertz CT molecular complexity index is 1790.